The summed E-state index contributed by atoms with van der Waals surface area (Å²) in [5, 5.41) is 10.2. The van der Waals surface area contributed by atoms with Crippen molar-refractivity contribution in [2.75, 3.05) is 13.7 Å². The second-order valence-corrected chi connectivity index (χ2v) is 11.0. The Morgan fingerprint density at radius 3 is 2.43 bits per heavy atom. The van der Waals surface area contributed by atoms with E-state index in [0.717, 1.165) is 29.2 Å². The monoisotopic (exact) mass is 614 g/mol. The number of carbonyl (C=O) groups excluding carboxylic acids is 3. The quantitative estimate of drug-likeness (QED) is 0.131. The van der Waals surface area contributed by atoms with Crippen LogP contribution in [0.15, 0.2) is 50.7 Å². The van der Waals surface area contributed by atoms with Crippen LogP contribution in [0.5, 0.6) is 11.5 Å². The zero-order chi connectivity index (χ0) is 27.5. The summed E-state index contributed by atoms with van der Waals surface area (Å²) < 4.78 is 41.1. The van der Waals surface area contributed by atoms with E-state index in [-0.39, 0.29) is 31.5 Å². The lowest BCUT2D eigenvalue weighted by molar-refractivity contribution is -0.384. The maximum absolute atomic E-state index is 12.7. The average molecular weight is 615 g/mol. The van der Waals surface area contributed by atoms with Crippen molar-refractivity contribution in [3.05, 3.63) is 61.5 Å². The van der Waals surface area contributed by atoms with Gasteiger partial charge in [0, 0.05) is 12.1 Å². The Labute approximate surface area is 224 Å². The molecular formula is C22H19BrN2O10S2. The van der Waals surface area contributed by atoms with Crippen molar-refractivity contribution in [1.82, 2.24) is 4.90 Å². The third kappa shape index (κ3) is 6.67. The Hall–Kier alpha value is -3.43. The molecule has 0 radical (unpaired) electrons. The number of imide groups is 1. The van der Waals surface area contributed by atoms with E-state index in [1.807, 2.05) is 0 Å². The lowest BCUT2D eigenvalue weighted by Crippen LogP contribution is -2.35. The van der Waals surface area contributed by atoms with Crippen LogP contribution in [0.3, 0.4) is 0 Å². The number of nitro groups is 1. The third-order valence-corrected chi connectivity index (χ3v) is 7.34. The summed E-state index contributed by atoms with van der Waals surface area (Å²) >= 11 is 3.85. The number of hydrogen-bond donors (Lipinski definition) is 0. The topological polar surface area (TPSA) is 159 Å². The van der Waals surface area contributed by atoms with Gasteiger partial charge >= 0.3 is 16.1 Å². The number of non-ortho nitro benzene ring substituents is 1. The Morgan fingerprint density at radius 2 is 1.86 bits per heavy atom. The summed E-state index contributed by atoms with van der Waals surface area (Å²) in [6.45, 7) is 2.75. The SMILES string of the molecule is COc1cc(/C=C2\SC(=O)N(CC(=O)OC(C)C)C2=O)cc(Br)c1OS(=O)(=O)c1ccc([N+](=O)[O-])cc1. The van der Waals surface area contributed by atoms with E-state index in [4.69, 9.17) is 13.7 Å². The lowest BCUT2D eigenvalue weighted by Gasteiger charge is -2.14. The molecule has 196 valence electrons. The van der Waals surface area contributed by atoms with Gasteiger partial charge in [-0.05, 0) is 77.4 Å². The molecule has 2 aromatic carbocycles. The van der Waals surface area contributed by atoms with Crippen LogP contribution in [-0.2, 0) is 24.4 Å². The van der Waals surface area contributed by atoms with Gasteiger partial charge in [0.25, 0.3) is 16.8 Å². The number of hydrogen-bond acceptors (Lipinski definition) is 11. The smallest absolute Gasteiger partial charge is 0.339 e. The first-order chi connectivity index (χ1) is 17.3. The number of esters is 1. The maximum atomic E-state index is 12.7. The number of thioether (sulfide) groups is 1. The molecule has 3 rings (SSSR count). The lowest BCUT2D eigenvalue weighted by atomic mass is 10.2. The van der Waals surface area contributed by atoms with Gasteiger partial charge < -0.3 is 13.7 Å². The van der Waals surface area contributed by atoms with Crippen molar-refractivity contribution in [2.24, 2.45) is 0 Å². The maximum Gasteiger partial charge on any atom is 0.339 e. The first-order valence-corrected chi connectivity index (χ1v) is 13.4. The highest BCUT2D eigenvalue weighted by Gasteiger charge is 2.37. The minimum atomic E-state index is -4.39. The second kappa shape index (κ2) is 11.3. The first-order valence-electron chi connectivity index (χ1n) is 10.3. The van der Waals surface area contributed by atoms with Crippen LogP contribution in [0.25, 0.3) is 6.08 Å². The zero-order valence-electron chi connectivity index (χ0n) is 19.5. The molecule has 1 aliphatic rings. The van der Waals surface area contributed by atoms with Gasteiger partial charge in [0.2, 0.25) is 0 Å². The molecule has 1 heterocycles. The van der Waals surface area contributed by atoms with Gasteiger partial charge in [0.1, 0.15) is 11.4 Å². The van der Waals surface area contributed by atoms with E-state index < -0.39 is 44.8 Å². The molecule has 0 bridgehead atoms. The van der Waals surface area contributed by atoms with Crippen LogP contribution in [-0.4, -0.2) is 55.1 Å². The Morgan fingerprint density at radius 1 is 1.22 bits per heavy atom. The van der Waals surface area contributed by atoms with Crippen molar-refractivity contribution in [3.8, 4) is 11.5 Å². The number of nitrogens with zero attached hydrogens (tertiary/aromatic N) is 2. The van der Waals surface area contributed by atoms with Crippen LogP contribution in [0.4, 0.5) is 10.5 Å². The number of ether oxygens (including phenoxy) is 2. The molecule has 0 unspecified atom stereocenters. The molecule has 0 aliphatic carbocycles. The fourth-order valence-corrected chi connectivity index (χ4v) is 5.46. The van der Waals surface area contributed by atoms with Crippen LogP contribution >= 0.6 is 27.7 Å². The number of amides is 2. The molecule has 0 N–H and O–H groups in total. The summed E-state index contributed by atoms with van der Waals surface area (Å²) in [4.78, 5) is 47.4. The van der Waals surface area contributed by atoms with Crippen LogP contribution in [0, 0.1) is 10.1 Å². The van der Waals surface area contributed by atoms with E-state index in [9.17, 15) is 32.9 Å². The Bertz CT molecular complexity index is 1410. The van der Waals surface area contributed by atoms with Crippen LogP contribution in [0.1, 0.15) is 19.4 Å². The molecule has 0 spiro atoms. The van der Waals surface area contributed by atoms with Gasteiger partial charge in [-0.25, -0.2) is 0 Å². The van der Waals surface area contributed by atoms with E-state index in [2.05, 4.69) is 15.9 Å². The van der Waals surface area contributed by atoms with Gasteiger partial charge in [0.05, 0.1) is 27.5 Å². The molecule has 1 saturated heterocycles. The van der Waals surface area contributed by atoms with Crippen LogP contribution in [0.2, 0.25) is 0 Å². The number of benzene rings is 2. The first kappa shape index (κ1) is 28.1. The molecule has 15 heteroatoms. The highest BCUT2D eigenvalue weighted by molar-refractivity contribution is 9.10. The molecule has 0 atom stereocenters. The largest absolute Gasteiger partial charge is 0.493 e. The summed E-state index contributed by atoms with van der Waals surface area (Å²) in [6, 6.07) is 6.95. The van der Waals surface area contributed by atoms with Gasteiger partial charge in [-0.15, -0.1) is 0 Å². The standard InChI is InChI=1S/C22H19BrN2O10S2/c1-12(2)34-19(26)11-24-21(27)18(36-22(24)28)10-13-8-16(23)20(17(9-13)33-3)35-37(31,32)15-6-4-14(5-7-15)25(29)30/h4-10,12H,11H2,1-3H3/b18-10-. The molecule has 37 heavy (non-hydrogen) atoms. The van der Waals surface area contributed by atoms with Crippen molar-refractivity contribution in [2.45, 2.75) is 24.8 Å². The van der Waals surface area contributed by atoms with E-state index >= 15 is 0 Å². The summed E-state index contributed by atoms with van der Waals surface area (Å²) in [5.74, 6) is -1.64. The normalized spacial score (nSPS) is 14.8. The van der Waals surface area contributed by atoms with Crippen LogP contribution < -0.4 is 8.92 Å². The minimum absolute atomic E-state index is 0.0224. The fourth-order valence-electron chi connectivity index (χ4n) is 3.01. The highest BCUT2D eigenvalue weighted by Crippen LogP contribution is 2.40. The number of halogens is 1. The number of rotatable bonds is 9. The summed E-state index contributed by atoms with van der Waals surface area (Å²) in [7, 11) is -3.12. The summed E-state index contributed by atoms with van der Waals surface area (Å²) in [6.07, 6.45) is 0.971. The Kier molecular flexibility index (Phi) is 8.60. The molecule has 0 saturated carbocycles. The minimum Gasteiger partial charge on any atom is -0.493 e. The summed E-state index contributed by atoms with van der Waals surface area (Å²) in [5.41, 5.74) is 0.0716. The van der Waals surface area contributed by atoms with Gasteiger partial charge in [-0.1, -0.05) is 0 Å². The molecule has 1 aliphatic heterocycles. The number of nitro benzene ring substituents is 1. The van der Waals surface area contributed by atoms with E-state index in [0.29, 0.717) is 17.3 Å². The average Bonchev–Trinajstić information content (AvgIpc) is 3.07. The second-order valence-electron chi connectivity index (χ2n) is 7.63. The predicted octanol–water partition coefficient (Wildman–Crippen LogP) is 4.12. The van der Waals surface area contributed by atoms with Crippen molar-refractivity contribution >= 4 is 66.7 Å². The molecular weight excluding hydrogens is 596 g/mol. The van der Waals surface area contributed by atoms with Gasteiger partial charge in [0.15, 0.2) is 11.5 Å². The number of methoxy groups -OCH3 is 1. The third-order valence-electron chi connectivity index (χ3n) is 4.61. The molecule has 1 fully saturated rings. The zero-order valence-corrected chi connectivity index (χ0v) is 22.7. The van der Waals surface area contributed by atoms with Crippen molar-refractivity contribution in [3.63, 3.8) is 0 Å². The molecule has 2 amide bonds. The van der Waals surface area contributed by atoms with E-state index in [1.165, 1.54) is 25.3 Å². The molecule has 2 aromatic rings. The highest BCUT2D eigenvalue weighted by atomic mass is 79.9. The van der Waals surface area contributed by atoms with Gasteiger partial charge in [-0.3, -0.25) is 29.4 Å². The van der Waals surface area contributed by atoms with E-state index in [1.54, 1.807) is 13.8 Å². The predicted molar refractivity (Wildman–Crippen MR) is 136 cm³/mol. The van der Waals surface area contributed by atoms with Gasteiger partial charge in [-0.2, -0.15) is 8.42 Å². The number of carbonyl (C=O) groups is 3. The molecule has 12 nitrogen and oxygen atoms in total. The Balaban J connectivity index is 1.86. The van der Waals surface area contributed by atoms with Crippen molar-refractivity contribution < 1.29 is 41.4 Å². The fraction of sp³-hybridized carbons (Fsp3) is 0.227. The van der Waals surface area contributed by atoms with Crippen molar-refractivity contribution in [1.29, 1.82) is 0 Å². The molecule has 0 aromatic heterocycles.